The van der Waals surface area contributed by atoms with Crippen molar-refractivity contribution < 1.29 is 5.11 Å². The summed E-state index contributed by atoms with van der Waals surface area (Å²) in [5.41, 5.74) is 6.18. The lowest BCUT2D eigenvalue weighted by molar-refractivity contribution is 0.0932. The molecule has 0 aliphatic heterocycles. The topological polar surface area (TPSA) is 72.0 Å². The number of aliphatic hydroxyl groups excluding tert-OH is 1. The van der Waals surface area contributed by atoms with E-state index in [9.17, 15) is 5.11 Å². The summed E-state index contributed by atoms with van der Waals surface area (Å²) in [4.78, 5) is 7.82. The van der Waals surface area contributed by atoms with Gasteiger partial charge < -0.3 is 10.8 Å². The molecule has 1 saturated carbocycles. The van der Waals surface area contributed by atoms with E-state index in [1.54, 1.807) is 12.3 Å². The zero-order chi connectivity index (χ0) is 9.31. The van der Waals surface area contributed by atoms with Gasteiger partial charge in [-0.15, -0.1) is 0 Å². The second-order valence-electron chi connectivity index (χ2n) is 3.60. The molecule has 1 aliphatic rings. The molecule has 1 aromatic rings. The van der Waals surface area contributed by atoms with Crippen LogP contribution in [0.1, 0.15) is 24.6 Å². The highest BCUT2D eigenvalue weighted by Gasteiger charge is 2.48. The zero-order valence-corrected chi connectivity index (χ0v) is 7.35. The molecular formula is C9H13N3O. The molecule has 0 radical (unpaired) electrons. The lowest BCUT2D eigenvalue weighted by Crippen LogP contribution is -2.24. The van der Waals surface area contributed by atoms with Gasteiger partial charge in [-0.3, -0.25) is 0 Å². The predicted octanol–water partition coefficient (Wildman–Crippen LogP) is 0.249. The number of rotatable bonds is 3. The van der Waals surface area contributed by atoms with Crippen molar-refractivity contribution in [1.82, 2.24) is 9.97 Å². The van der Waals surface area contributed by atoms with Gasteiger partial charge in [-0.2, -0.15) is 0 Å². The van der Waals surface area contributed by atoms with E-state index >= 15 is 0 Å². The molecular weight excluding hydrogens is 166 g/mol. The highest BCUT2D eigenvalue weighted by atomic mass is 16.3. The fourth-order valence-electron chi connectivity index (χ4n) is 1.53. The molecule has 2 rings (SSSR count). The molecule has 0 saturated heterocycles. The minimum atomic E-state index is -0.527. The minimum Gasteiger partial charge on any atom is -0.386 e. The Morgan fingerprint density at radius 2 is 2.38 bits per heavy atom. The Morgan fingerprint density at radius 1 is 1.62 bits per heavy atom. The lowest BCUT2D eigenvalue weighted by Gasteiger charge is -2.19. The van der Waals surface area contributed by atoms with Gasteiger partial charge in [0, 0.05) is 18.2 Å². The highest BCUT2D eigenvalue weighted by molar-refractivity contribution is 5.12. The Bertz CT molecular complexity index is 284. The fraction of sp³-hybridized carbons (Fsp3) is 0.556. The van der Waals surface area contributed by atoms with Crippen LogP contribution in [0.4, 0.5) is 0 Å². The van der Waals surface area contributed by atoms with Crippen LogP contribution in [0.25, 0.3) is 0 Å². The molecule has 1 unspecified atom stereocenters. The third-order valence-corrected chi connectivity index (χ3v) is 2.76. The van der Waals surface area contributed by atoms with Gasteiger partial charge in [-0.05, 0) is 18.9 Å². The second-order valence-corrected chi connectivity index (χ2v) is 3.60. The van der Waals surface area contributed by atoms with Crippen LogP contribution >= 0.6 is 0 Å². The van der Waals surface area contributed by atoms with E-state index in [0.29, 0.717) is 12.2 Å². The van der Waals surface area contributed by atoms with Crippen LogP contribution in [-0.2, 0) is 0 Å². The molecule has 1 aliphatic carbocycles. The molecule has 0 bridgehead atoms. The molecule has 1 fully saturated rings. The number of hydrogen-bond donors (Lipinski definition) is 2. The summed E-state index contributed by atoms with van der Waals surface area (Å²) in [7, 11) is 0. The molecule has 1 aromatic heterocycles. The maximum atomic E-state index is 9.94. The van der Waals surface area contributed by atoms with Crippen molar-refractivity contribution in [2.75, 3.05) is 6.54 Å². The van der Waals surface area contributed by atoms with E-state index < -0.39 is 6.10 Å². The first-order valence-corrected chi connectivity index (χ1v) is 4.42. The molecule has 3 N–H and O–H groups in total. The third-order valence-electron chi connectivity index (χ3n) is 2.76. The second kappa shape index (κ2) is 3.05. The third kappa shape index (κ3) is 1.43. The van der Waals surface area contributed by atoms with Gasteiger partial charge in [0.25, 0.3) is 0 Å². The largest absolute Gasteiger partial charge is 0.386 e. The van der Waals surface area contributed by atoms with Crippen LogP contribution in [0.15, 0.2) is 18.6 Å². The van der Waals surface area contributed by atoms with E-state index in [1.807, 2.05) is 0 Å². The number of aromatic nitrogens is 2. The summed E-state index contributed by atoms with van der Waals surface area (Å²) in [6, 6.07) is 1.74. The zero-order valence-electron chi connectivity index (χ0n) is 7.35. The van der Waals surface area contributed by atoms with Crippen LogP contribution < -0.4 is 5.73 Å². The molecule has 4 heteroatoms. The molecule has 0 amide bonds. The molecule has 13 heavy (non-hydrogen) atoms. The number of nitrogens with zero attached hydrogens (tertiary/aromatic N) is 2. The summed E-state index contributed by atoms with van der Waals surface area (Å²) in [6.45, 7) is 0.526. The van der Waals surface area contributed by atoms with E-state index in [-0.39, 0.29) is 5.41 Å². The van der Waals surface area contributed by atoms with Crippen molar-refractivity contribution in [3.63, 3.8) is 0 Å². The summed E-state index contributed by atoms with van der Waals surface area (Å²) in [6.07, 6.45) is 4.55. The lowest BCUT2D eigenvalue weighted by atomic mass is 9.97. The summed E-state index contributed by atoms with van der Waals surface area (Å²) < 4.78 is 0. The van der Waals surface area contributed by atoms with Gasteiger partial charge in [-0.1, -0.05) is 0 Å². The van der Waals surface area contributed by atoms with Gasteiger partial charge in [-0.25, -0.2) is 9.97 Å². The van der Waals surface area contributed by atoms with E-state index in [4.69, 9.17) is 5.73 Å². The van der Waals surface area contributed by atoms with Gasteiger partial charge >= 0.3 is 0 Å². The van der Waals surface area contributed by atoms with Crippen LogP contribution in [0.2, 0.25) is 0 Å². The fourth-order valence-corrected chi connectivity index (χ4v) is 1.53. The quantitative estimate of drug-likeness (QED) is 0.697. The van der Waals surface area contributed by atoms with Crippen molar-refractivity contribution in [1.29, 1.82) is 0 Å². The molecule has 1 heterocycles. The first-order valence-electron chi connectivity index (χ1n) is 4.42. The average Bonchev–Trinajstić information content (AvgIpc) is 2.99. The monoisotopic (exact) mass is 179 g/mol. The first-order chi connectivity index (χ1) is 6.28. The maximum absolute atomic E-state index is 9.94. The van der Waals surface area contributed by atoms with Gasteiger partial charge in [0.15, 0.2) is 0 Å². The Hall–Kier alpha value is -1.00. The Morgan fingerprint density at radius 3 is 2.85 bits per heavy atom. The van der Waals surface area contributed by atoms with Crippen molar-refractivity contribution >= 4 is 0 Å². The molecule has 1 atom stereocenters. The van der Waals surface area contributed by atoms with Gasteiger partial charge in [0.2, 0.25) is 0 Å². The minimum absolute atomic E-state index is 0.103. The summed E-state index contributed by atoms with van der Waals surface area (Å²) >= 11 is 0. The SMILES string of the molecule is NCC1(C(O)c2ccncn2)CC1. The number of nitrogens with two attached hydrogens (primary N) is 1. The van der Waals surface area contributed by atoms with Crippen molar-refractivity contribution in [2.45, 2.75) is 18.9 Å². The van der Waals surface area contributed by atoms with Crippen LogP contribution in [0, 0.1) is 5.41 Å². The van der Waals surface area contributed by atoms with E-state index in [0.717, 1.165) is 12.8 Å². The smallest absolute Gasteiger partial charge is 0.115 e. The molecule has 0 spiro atoms. The maximum Gasteiger partial charge on any atom is 0.115 e. The van der Waals surface area contributed by atoms with Gasteiger partial charge in [0.05, 0.1) is 5.69 Å². The van der Waals surface area contributed by atoms with Crippen LogP contribution in [0.5, 0.6) is 0 Å². The van der Waals surface area contributed by atoms with Crippen LogP contribution in [0.3, 0.4) is 0 Å². The standard InChI is InChI=1S/C9H13N3O/c10-5-9(2-3-9)8(13)7-1-4-11-6-12-7/h1,4,6,8,13H,2-3,5,10H2. The summed E-state index contributed by atoms with van der Waals surface area (Å²) in [5.74, 6) is 0. The van der Waals surface area contributed by atoms with Crippen molar-refractivity contribution in [2.24, 2.45) is 11.1 Å². The summed E-state index contributed by atoms with van der Waals surface area (Å²) in [5, 5.41) is 9.94. The Balaban J connectivity index is 2.18. The van der Waals surface area contributed by atoms with Crippen molar-refractivity contribution in [3.05, 3.63) is 24.3 Å². The highest BCUT2D eigenvalue weighted by Crippen LogP contribution is 2.53. The molecule has 70 valence electrons. The first kappa shape index (κ1) is 8.59. The Kier molecular flexibility index (Phi) is 2.01. The average molecular weight is 179 g/mol. The number of hydrogen-bond acceptors (Lipinski definition) is 4. The molecule has 4 nitrogen and oxygen atoms in total. The van der Waals surface area contributed by atoms with E-state index in [2.05, 4.69) is 9.97 Å². The van der Waals surface area contributed by atoms with Gasteiger partial charge in [0.1, 0.15) is 12.4 Å². The molecule has 0 aromatic carbocycles. The predicted molar refractivity (Wildman–Crippen MR) is 47.7 cm³/mol. The van der Waals surface area contributed by atoms with E-state index in [1.165, 1.54) is 6.33 Å². The Labute approximate surface area is 76.8 Å². The van der Waals surface area contributed by atoms with Crippen LogP contribution in [-0.4, -0.2) is 21.6 Å². The normalized spacial score (nSPS) is 21.1. The number of aliphatic hydroxyl groups is 1. The van der Waals surface area contributed by atoms with Crippen molar-refractivity contribution in [3.8, 4) is 0 Å².